The molecular weight excluding hydrogens is 226 g/mol. The van der Waals surface area contributed by atoms with Crippen molar-refractivity contribution in [3.05, 3.63) is 0 Å². The second-order valence-electron chi connectivity index (χ2n) is 5.74. The van der Waals surface area contributed by atoms with E-state index in [1.54, 1.807) is 0 Å². The van der Waals surface area contributed by atoms with Crippen LogP contribution in [-0.2, 0) is 4.79 Å². The molecule has 0 bridgehead atoms. The Labute approximate surface area is 110 Å². The van der Waals surface area contributed by atoms with Gasteiger partial charge in [0.1, 0.15) is 0 Å². The van der Waals surface area contributed by atoms with E-state index in [2.05, 4.69) is 16.7 Å². The summed E-state index contributed by atoms with van der Waals surface area (Å²) in [5, 5.41) is 0. The third kappa shape index (κ3) is 3.23. The zero-order valence-electron chi connectivity index (χ0n) is 11.6. The van der Waals surface area contributed by atoms with Gasteiger partial charge in [-0.25, -0.2) is 0 Å². The van der Waals surface area contributed by atoms with Gasteiger partial charge in [0, 0.05) is 32.1 Å². The van der Waals surface area contributed by atoms with Crippen molar-refractivity contribution in [2.24, 2.45) is 11.7 Å². The average Bonchev–Trinajstić information content (AvgIpc) is 2.72. The molecule has 2 aliphatic heterocycles. The normalized spacial score (nSPS) is 26.8. The van der Waals surface area contributed by atoms with Crippen LogP contribution in [0.25, 0.3) is 0 Å². The Kier molecular flexibility index (Phi) is 5.01. The van der Waals surface area contributed by atoms with Crippen molar-refractivity contribution < 1.29 is 4.79 Å². The fourth-order valence-electron chi connectivity index (χ4n) is 3.20. The lowest BCUT2D eigenvalue weighted by Gasteiger charge is -2.26. The molecule has 0 aromatic rings. The monoisotopic (exact) mass is 253 g/mol. The highest BCUT2D eigenvalue weighted by atomic mass is 16.2. The topological polar surface area (TPSA) is 49.6 Å². The number of hydrogen-bond acceptors (Lipinski definition) is 3. The predicted octanol–water partition coefficient (Wildman–Crippen LogP) is 1.06. The second kappa shape index (κ2) is 6.53. The Bertz CT molecular complexity index is 278. The Balaban J connectivity index is 1.89. The lowest BCUT2D eigenvalue weighted by molar-refractivity contribution is -0.132. The van der Waals surface area contributed by atoms with Gasteiger partial charge in [-0.05, 0) is 38.3 Å². The van der Waals surface area contributed by atoms with Gasteiger partial charge in [0.2, 0.25) is 5.91 Å². The zero-order valence-corrected chi connectivity index (χ0v) is 11.6. The summed E-state index contributed by atoms with van der Waals surface area (Å²) in [6, 6.07) is 0.620. The van der Waals surface area contributed by atoms with E-state index >= 15 is 0 Å². The molecule has 2 N–H and O–H groups in total. The molecule has 4 nitrogen and oxygen atoms in total. The molecule has 2 heterocycles. The van der Waals surface area contributed by atoms with Crippen LogP contribution in [0.4, 0.5) is 0 Å². The van der Waals surface area contributed by atoms with Crippen molar-refractivity contribution in [2.45, 2.75) is 45.1 Å². The van der Waals surface area contributed by atoms with E-state index in [1.165, 1.54) is 25.9 Å². The van der Waals surface area contributed by atoms with Crippen molar-refractivity contribution in [3.8, 4) is 0 Å². The first-order valence-corrected chi connectivity index (χ1v) is 7.46. The van der Waals surface area contributed by atoms with E-state index < -0.39 is 0 Å². The van der Waals surface area contributed by atoms with Gasteiger partial charge in [-0.1, -0.05) is 13.3 Å². The van der Waals surface area contributed by atoms with E-state index in [9.17, 15) is 4.79 Å². The van der Waals surface area contributed by atoms with E-state index in [0.29, 0.717) is 30.8 Å². The fourth-order valence-corrected chi connectivity index (χ4v) is 3.20. The highest BCUT2D eigenvalue weighted by Crippen LogP contribution is 2.22. The molecule has 2 unspecified atom stereocenters. The van der Waals surface area contributed by atoms with Gasteiger partial charge < -0.3 is 10.6 Å². The summed E-state index contributed by atoms with van der Waals surface area (Å²) < 4.78 is 0. The van der Waals surface area contributed by atoms with Crippen molar-refractivity contribution >= 4 is 5.91 Å². The Hall–Kier alpha value is -0.610. The standard InChI is InChI=1S/C14H27N3O/c1-2-12(10-15)9-14(18)17-8-4-7-16-6-3-5-13(16)11-17/h12-13H,2-11,15H2,1H3. The summed E-state index contributed by atoms with van der Waals surface area (Å²) in [4.78, 5) is 17.0. The number of carbonyl (C=O) groups excluding carboxylic acids is 1. The molecular formula is C14H27N3O. The molecule has 0 radical (unpaired) electrons. The minimum Gasteiger partial charge on any atom is -0.341 e. The Morgan fingerprint density at radius 1 is 1.33 bits per heavy atom. The average molecular weight is 253 g/mol. The van der Waals surface area contributed by atoms with Gasteiger partial charge in [-0.15, -0.1) is 0 Å². The summed E-state index contributed by atoms with van der Waals surface area (Å²) in [7, 11) is 0. The predicted molar refractivity (Wildman–Crippen MR) is 73.2 cm³/mol. The number of nitrogens with zero attached hydrogens (tertiary/aromatic N) is 2. The van der Waals surface area contributed by atoms with E-state index in [1.807, 2.05) is 0 Å². The lowest BCUT2D eigenvalue weighted by Crippen LogP contribution is -2.40. The molecule has 2 aliphatic rings. The summed E-state index contributed by atoms with van der Waals surface area (Å²) in [5.41, 5.74) is 5.70. The van der Waals surface area contributed by atoms with Crippen LogP contribution in [0.15, 0.2) is 0 Å². The van der Waals surface area contributed by atoms with Gasteiger partial charge in [0.15, 0.2) is 0 Å². The molecule has 0 spiro atoms. The maximum atomic E-state index is 12.3. The lowest BCUT2D eigenvalue weighted by atomic mass is 10.0. The second-order valence-corrected chi connectivity index (χ2v) is 5.74. The highest BCUT2D eigenvalue weighted by Gasteiger charge is 2.30. The molecule has 0 aromatic heterocycles. The van der Waals surface area contributed by atoms with Gasteiger partial charge in [-0.2, -0.15) is 0 Å². The molecule has 2 atom stereocenters. The number of amides is 1. The maximum absolute atomic E-state index is 12.3. The van der Waals surface area contributed by atoms with Gasteiger partial charge in [0.05, 0.1) is 0 Å². The first-order valence-electron chi connectivity index (χ1n) is 7.46. The first-order chi connectivity index (χ1) is 8.74. The van der Waals surface area contributed by atoms with Crippen molar-refractivity contribution in [2.75, 3.05) is 32.7 Å². The molecule has 2 fully saturated rings. The van der Waals surface area contributed by atoms with Gasteiger partial charge in [0.25, 0.3) is 0 Å². The third-order valence-electron chi connectivity index (χ3n) is 4.53. The SMILES string of the molecule is CCC(CN)CC(=O)N1CCCN2CCCC2C1. The zero-order chi connectivity index (χ0) is 13.0. The number of carbonyl (C=O) groups is 1. The minimum atomic E-state index is 0.320. The number of hydrogen-bond donors (Lipinski definition) is 1. The van der Waals surface area contributed by atoms with Crippen molar-refractivity contribution in [1.82, 2.24) is 9.80 Å². The molecule has 0 aliphatic carbocycles. The number of nitrogens with two attached hydrogens (primary N) is 1. The van der Waals surface area contributed by atoms with Crippen LogP contribution in [0.2, 0.25) is 0 Å². The molecule has 0 aromatic carbocycles. The smallest absolute Gasteiger partial charge is 0.222 e. The van der Waals surface area contributed by atoms with Crippen LogP contribution in [0, 0.1) is 5.92 Å². The Morgan fingerprint density at radius 3 is 2.83 bits per heavy atom. The number of rotatable bonds is 4. The largest absolute Gasteiger partial charge is 0.341 e. The highest BCUT2D eigenvalue weighted by molar-refractivity contribution is 5.76. The fraction of sp³-hybridized carbons (Fsp3) is 0.929. The van der Waals surface area contributed by atoms with Crippen molar-refractivity contribution in [3.63, 3.8) is 0 Å². The van der Waals surface area contributed by atoms with Crippen LogP contribution < -0.4 is 5.73 Å². The first kappa shape index (κ1) is 13.8. The summed E-state index contributed by atoms with van der Waals surface area (Å²) in [6.45, 7) is 7.03. The van der Waals surface area contributed by atoms with E-state index in [0.717, 1.165) is 25.9 Å². The summed E-state index contributed by atoms with van der Waals surface area (Å²) >= 11 is 0. The quantitative estimate of drug-likeness (QED) is 0.815. The molecule has 2 rings (SSSR count). The molecule has 18 heavy (non-hydrogen) atoms. The Morgan fingerprint density at radius 2 is 2.11 bits per heavy atom. The molecule has 104 valence electrons. The van der Waals surface area contributed by atoms with Crippen molar-refractivity contribution in [1.29, 1.82) is 0 Å². The van der Waals surface area contributed by atoms with Crippen LogP contribution in [0.1, 0.15) is 39.0 Å². The van der Waals surface area contributed by atoms with Crippen LogP contribution in [0.3, 0.4) is 0 Å². The van der Waals surface area contributed by atoms with Gasteiger partial charge in [-0.3, -0.25) is 9.69 Å². The maximum Gasteiger partial charge on any atom is 0.222 e. The minimum absolute atomic E-state index is 0.320. The van der Waals surface area contributed by atoms with Crippen LogP contribution in [0.5, 0.6) is 0 Å². The third-order valence-corrected chi connectivity index (χ3v) is 4.53. The summed E-state index contributed by atoms with van der Waals surface area (Å²) in [5.74, 6) is 0.682. The van der Waals surface area contributed by atoms with Crippen LogP contribution in [-0.4, -0.2) is 54.5 Å². The van der Waals surface area contributed by atoms with E-state index in [4.69, 9.17) is 5.73 Å². The number of fused-ring (bicyclic) bond motifs is 1. The van der Waals surface area contributed by atoms with Gasteiger partial charge >= 0.3 is 0 Å². The molecule has 1 amide bonds. The molecule has 4 heteroatoms. The van der Waals surface area contributed by atoms with Crippen LogP contribution >= 0.6 is 0 Å². The molecule has 0 saturated carbocycles. The summed E-state index contributed by atoms with van der Waals surface area (Å²) in [6.07, 6.45) is 5.33. The molecule has 2 saturated heterocycles. The van der Waals surface area contributed by atoms with E-state index in [-0.39, 0.29) is 0 Å².